The molecular formula is C11H19F3N2O. The second-order valence-electron chi connectivity index (χ2n) is 4.63. The standard InChI is InChI=1S/C11H19F3N2O/c12-11(13,14)6-5-10(17)16-7-8-3-1-2-4-9(8)15/h8-9H,1-7,15H2,(H,16,17). The molecule has 100 valence electrons. The van der Waals surface area contributed by atoms with E-state index in [4.69, 9.17) is 5.73 Å². The van der Waals surface area contributed by atoms with Crippen molar-refractivity contribution in [2.75, 3.05) is 6.54 Å². The molecule has 1 amide bonds. The highest BCUT2D eigenvalue weighted by atomic mass is 19.4. The van der Waals surface area contributed by atoms with Crippen molar-refractivity contribution in [2.24, 2.45) is 11.7 Å². The summed E-state index contributed by atoms with van der Waals surface area (Å²) in [5.74, 6) is -0.335. The zero-order valence-electron chi connectivity index (χ0n) is 9.72. The highest BCUT2D eigenvalue weighted by Crippen LogP contribution is 2.23. The first-order chi connectivity index (χ1) is 7.88. The van der Waals surface area contributed by atoms with Crippen LogP contribution in [-0.2, 0) is 4.79 Å². The third kappa shape index (κ3) is 5.91. The van der Waals surface area contributed by atoms with Crippen LogP contribution in [0.1, 0.15) is 38.5 Å². The zero-order chi connectivity index (χ0) is 12.9. The molecule has 0 aromatic heterocycles. The predicted octanol–water partition coefficient (Wildman–Crippen LogP) is 1.96. The van der Waals surface area contributed by atoms with Gasteiger partial charge < -0.3 is 11.1 Å². The van der Waals surface area contributed by atoms with Gasteiger partial charge in [0.15, 0.2) is 0 Å². The molecule has 1 fully saturated rings. The normalized spacial score (nSPS) is 25.6. The quantitative estimate of drug-likeness (QED) is 0.803. The number of halogens is 3. The second-order valence-corrected chi connectivity index (χ2v) is 4.63. The number of nitrogens with one attached hydrogen (secondary N) is 1. The Kier molecular flexibility index (Phi) is 5.24. The van der Waals surface area contributed by atoms with Crippen LogP contribution in [0.5, 0.6) is 0 Å². The van der Waals surface area contributed by atoms with E-state index < -0.39 is 24.9 Å². The summed E-state index contributed by atoms with van der Waals surface area (Å²) in [6.07, 6.45) is -1.76. The summed E-state index contributed by atoms with van der Waals surface area (Å²) in [6, 6.07) is 0.0617. The fraction of sp³-hybridized carbons (Fsp3) is 0.909. The van der Waals surface area contributed by atoms with Crippen LogP contribution in [-0.4, -0.2) is 24.7 Å². The van der Waals surface area contributed by atoms with E-state index in [1.165, 1.54) is 0 Å². The van der Waals surface area contributed by atoms with Crippen LogP contribution in [0.25, 0.3) is 0 Å². The van der Waals surface area contributed by atoms with E-state index in [0.717, 1.165) is 25.7 Å². The number of hydrogen-bond acceptors (Lipinski definition) is 2. The Bertz CT molecular complexity index is 256. The van der Waals surface area contributed by atoms with Gasteiger partial charge in [0.2, 0.25) is 5.91 Å². The molecule has 1 rings (SSSR count). The van der Waals surface area contributed by atoms with Gasteiger partial charge in [-0.15, -0.1) is 0 Å². The molecule has 2 unspecified atom stereocenters. The third-order valence-corrected chi connectivity index (χ3v) is 3.16. The van der Waals surface area contributed by atoms with Crippen LogP contribution in [0.4, 0.5) is 13.2 Å². The fourth-order valence-corrected chi connectivity index (χ4v) is 2.08. The molecule has 3 N–H and O–H groups in total. The van der Waals surface area contributed by atoms with Crippen molar-refractivity contribution in [2.45, 2.75) is 50.7 Å². The molecule has 0 bridgehead atoms. The van der Waals surface area contributed by atoms with Crippen molar-refractivity contribution in [3.63, 3.8) is 0 Å². The number of alkyl halides is 3. The van der Waals surface area contributed by atoms with Crippen LogP contribution in [0, 0.1) is 5.92 Å². The minimum absolute atomic E-state index is 0.0617. The van der Waals surface area contributed by atoms with E-state index in [1.807, 2.05) is 0 Å². The summed E-state index contributed by atoms with van der Waals surface area (Å²) in [5, 5.41) is 2.54. The van der Waals surface area contributed by atoms with Gasteiger partial charge in [0.05, 0.1) is 6.42 Å². The number of hydrogen-bond donors (Lipinski definition) is 2. The van der Waals surface area contributed by atoms with E-state index in [1.54, 1.807) is 0 Å². The highest BCUT2D eigenvalue weighted by molar-refractivity contribution is 5.75. The summed E-state index contributed by atoms with van der Waals surface area (Å²) in [4.78, 5) is 11.2. The smallest absolute Gasteiger partial charge is 0.356 e. The van der Waals surface area contributed by atoms with Crippen LogP contribution in [0.15, 0.2) is 0 Å². The number of rotatable bonds is 4. The number of nitrogens with two attached hydrogens (primary N) is 1. The Morgan fingerprint density at radius 3 is 2.53 bits per heavy atom. The Hall–Kier alpha value is -0.780. The summed E-state index contributed by atoms with van der Waals surface area (Å²) in [6.45, 7) is 0.401. The van der Waals surface area contributed by atoms with Crippen LogP contribution < -0.4 is 11.1 Å². The second kappa shape index (κ2) is 6.23. The molecule has 6 heteroatoms. The summed E-state index contributed by atoms with van der Waals surface area (Å²) in [5.41, 5.74) is 5.88. The van der Waals surface area contributed by atoms with Crippen molar-refractivity contribution in [3.05, 3.63) is 0 Å². The first-order valence-corrected chi connectivity index (χ1v) is 5.97. The minimum atomic E-state index is -4.27. The largest absolute Gasteiger partial charge is 0.389 e. The van der Waals surface area contributed by atoms with E-state index >= 15 is 0 Å². The van der Waals surface area contributed by atoms with Crippen LogP contribution >= 0.6 is 0 Å². The van der Waals surface area contributed by atoms with E-state index in [0.29, 0.717) is 6.54 Å². The molecule has 17 heavy (non-hydrogen) atoms. The maximum Gasteiger partial charge on any atom is 0.389 e. The van der Waals surface area contributed by atoms with Gasteiger partial charge in [-0.05, 0) is 18.8 Å². The lowest BCUT2D eigenvalue weighted by atomic mass is 9.85. The summed E-state index contributed by atoms with van der Waals surface area (Å²) in [7, 11) is 0. The molecule has 0 saturated heterocycles. The Morgan fingerprint density at radius 1 is 1.29 bits per heavy atom. The van der Waals surface area contributed by atoms with Gasteiger partial charge >= 0.3 is 6.18 Å². The predicted molar refractivity (Wildman–Crippen MR) is 58.2 cm³/mol. The first-order valence-electron chi connectivity index (χ1n) is 5.97. The van der Waals surface area contributed by atoms with Crippen LogP contribution in [0.3, 0.4) is 0 Å². The maximum absolute atomic E-state index is 11.9. The average Bonchev–Trinajstić information content (AvgIpc) is 2.24. The van der Waals surface area contributed by atoms with Gasteiger partial charge in [-0.1, -0.05) is 12.8 Å². The molecule has 0 heterocycles. The molecule has 2 atom stereocenters. The van der Waals surface area contributed by atoms with E-state index in [-0.39, 0.29) is 12.0 Å². The zero-order valence-corrected chi connectivity index (χ0v) is 9.72. The SMILES string of the molecule is NC1CCCCC1CNC(=O)CCC(F)(F)F. The summed E-state index contributed by atoms with van der Waals surface area (Å²) >= 11 is 0. The number of amides is 1. The Morgan fingerprint density at radius 2 is 1.94 bits per heavy atom. The van der Waals surface area contributed by atoms with E-state index in [2.05, 4.69) is 5.32 Å². The Balaban J connectivity index is 2.19. The number of carbonyl (C=O) groups is 1. The number of carbonyl (C=O) groups excluding carboxylic acids is 1. The molecule has 0 aromatic carbocycles. The van der Waals surface area contributed by atoms with Gasteiger partial charge in [0.25, 0.3) is 0 Å². The molecule has 0 spiro atoms. The molecule has 1 aliphatic rings. The van der Waals surface area contributed by atoms with Gasteiger partial charge in [-0.3, -0.25) is 4.79 Å². The van der Waals surface area contributed by atoms with Crippen molar-refractivity contribution >= 4 is 5.91 Å². The van der Waals surface area contributed by atoms with Gasteiger partial charge in [-0.2, -0.15) is 13.2 Å². The van der Waals surface area contributed by atoms with Gasteiger partial charge in [-0.25, -0.2) is 0 Å². The molecule has 0 aromatic rings. The molecule has 0 aliphatic heterocycles. The first kappa shape index (κ1) is 14.3. The van der Waals surface area contributed by atoms with Gasteiger partial charge in [0.1, 0.15) is 0 Å². The molecule has 1 saturated carbocycles. The van der Waals surface area contributed by atoms with Crippen molar-refractivity contribution in [3.8, 4) is 0 Å². The minimum Gasteiger partial charge on any atom is -0.356 e. The third-order valence-electron chi connectivity index (χ3n) is 3.16. The lowest BCUT2D eigenvalue weighted by molar-refractivity contribution is -0.144. The lowest BCUT2D eigenvalue weighted by Crippen LogP contribution is -2.41. The van der Waals surface area contributed by atoms with Crippen LogP contribution in [0.2, 0.25) is 0 Å². The molecule has 0 radical (unpaired) electrons. The van der Waals surface area contributed by atoms with Crippen molar-refractivity contribution < 1.29 is 18.0 Å². The maximum atomic E-state index is 11.9. The Labute approximate surface area is 98.9 Å². The topological polar surface area (TPSA) is 55.1 Å². The highest BCUT2D eigenvalue weighted by Gasteiger charge is 2.28. The molecule has 1 aliphatic carbocycles. The average molecular weight is 252 g/mol. The lowest BCUT2D eigenvalue weighted by Gasteiger charge is -2.28. The molecular weight excluding hydrogens is 233 g/mol. The van der Waals surface area contributed by atoms with E-state index in [9.17, 15) is 18.0 Å². The monoisotopic (exact) mass is 252 g/mol. The fourth-order valence-electron chi connectivity index (χ4n) is 2.08. The summed E-state index contributed by atoms with van der Waals surface area (Å²) < 4.78 is 35.6. The molecule has 3 nitrogen and oxygen atoms in total. The van der Waals surface area contributed by atoms with Crippen molar-refractivity contribution in [1.29, 1.82) is 0 Å². The van der Waals surface area contributed by atoms with Gasteiger partial charge in [0, 0.05) is 19.0 Å². The van der Waals surface area contributed by atoms with Crippen molar-refractivity contribution in [1.82, 2.24) is 5.32 Å².